The molecule has 11 heavy (non-hydrogen) atoms. The normalized spacial score (nSPS) is 24.2. The Morgan fingerprint density at radius 1 is 1.55 bits per heavy atom. The highest BCUT2D eigenvalue weighted by atomic mass is 16.1. The molecular formula is C9H14NO+. The molecule has 0 aromatic rings. The zero-order chi connectivity index (χ0) is 8.43. The molecular weight excluding hydrogens is 138 g/mol. The molecule has 0 aromatic heterocycles. The maximum absolute atomic E-state index is 11.0. The molecule has 2 heteroatoms. The third kappa shape index (κ3) is 1.76. The standard InChI is InChI=1S/C9H14NO/c1-7(2)10-5-4-9(11)8(3)6-10/h4-8H,1-3H3/q+1. The third-order valence-electron chi connectivity index (χ3n) is 1.85. The Labute approximate surface area is 67.2 Å². The van der Waals surface area contributed by atoms with Crippen LogP contribution in [0.2, 0.25) is 0 Å². The highest BCUT2D eigenvalue weighted by Crippen LogP contribution is 2.03. The van der Waals surface area contributed by atoms with E-state index in [-0.39, 0.29) is 11.7 Å². The van der Waals surface area contributed by atoms with Gasteiger partial charge in [-0.15, -0.1) is 0 Å². The Hall–Kier alpha value is -0.920. The molecule has 1 aliphatic heterocycles. The minimum atomic E-state index is 0.0439. The molecule has 1 rings (SSSR count). The third-order valence-corrected chi connectivity index (χ3v) is 1.85. The van der Waals surface area contributed by atoms with Gasteiger partial charge in [0.2, 0.25) is 0 Å². The lowest BCUT2D eigenvalue weighted by Gasteiger charge is -2.08. The molecule has 0 N–H and O–H groups in total. The van der Waals surface area contributed by atoms with Crippen molar-refractivity contribution >= 4 is 12.0 Å². The summed E-state index contributed by atoms with van der Waals surface area (Å²) in [6, 6.07) is 0.446. The monoisotopic (exact) mass is 152 g/mol. The molecule has 0 spiro atoms. The molecule has 0 bridgehead atoms. The molecule has 0 amide bonds. The SMILES string of the molecule is CC1C=[N+](C(C)C)C=CC1=O. The predicted molar refractivity (Wildman–Crippen MR) is 44.8 cm³/mol. The van der Waals surface area contributed by atoms with Gasteiger partial charge in [-0.1, -0.05) is 0 Å². The van der Waals surface area contributed by atoms with Gasteiger partial charge in [0.15, 0.2) is 24.2 Å². The van der Waals surface area contributed by atoms with E-state index >= 15 is 0 Å². The summed E-state index contributed by atoms with van der Waals surface area (Å²) in [6.45, 7) is 6.12. The van der Waals surface area contributed by atoms with Crippen LogP contribution in [0, 0.1) is 5.92 Å². The highest BCUT2D eigenvalue weighted by molar-refractivity contribution is 6.01. The van der Waals surface area contributed by atoms with Crippen molar-refractivity contribution in [3.05, 3.63) is 12.3 Å². The summed E-state index contributed by atoms with van der Waals surface area (Å²) in [5.74, 6) is 0.240. The summed E-state index contributed by atoms with van der Waals surface area (Å²) in [4.78, 5) is 11.0. The van der Waals surface area contributed by atoms with Crippen molar-refractivity contribution in [2.75, 3.05) is 0 Å². The van der Waals surface area contributed by atoms with Crippen LogP contribution in [0.15, 0.2) is 12.3 Å². The van der Waals surface area contributed by atoms with E-state index < -0.39 is 0 Å². The number of hydrogen-bond acceptors (Lipinski definition) is 1. The van der Waals surface area contributed by atoms with Gasteiger partial charge in [0.05, 0.1) is 5.92 Å². The van der Waals surface area contributed by atoms with Crippen molar-refractivity contribution in [3.8, 4) is 0 Å². The number of carbonyl (C=O) groups excluding carboxylic acids is 1. The van der Waals surface area contributed by atoms with Gasteiger partial charge >= 0.3 is 0 Å². The number of allylic oxidation sites excluding steroid dienone is 1. The fourth-order valence-electron chi connectivity index (χ4n) is 1.04. The largest absolute Gasteiger partial charge is 0.294 e. The van der Waals surface area contributed by atoms with E-state index in [2.05, 4.69) is 18.4 Å². The quantitative estimate of drug-likeness (QED) is 0.517. The van der Waals surface area contributed by atoms with Gasteiger partial charge in [-0.05, 0) is 20.8 Å². The summed E-state index contributed by atoms with van der Waals surface area (Å²) >= 11 is 0. The van der Waals surface area contributed by atoms with Crippen LogP contribution >= 0.6 is 0 Å². The van der Waals surface area contributed by atoms with Gasteiger partial charge < -0.3 is 0 Å². The first kappa shape index (κ1) is 8.18. The molecule has 0 aliphatic carbocycles. The molecule has 0 fully saturated rings. The van der Waals surface area contributed by atoms with Crippen LogP contribution in [0.5, 0.6) is 0 Å². The van der Waals surface area contributed by atoms with Crippen molar-refractivity contribution in [1.82, 2.24) is 0 Å². The van der Waals surface area contributed by atoms with Crippen LogP contribution in [-0.2, 0) is 4.79 Å². The average molecular weight is 152 g/mol. The van der Waals surface area contributed by atoms with E-state index in [1.165, 1.54) is 0 Å². The van der Waals surface area contributed by atoms with Crippen LogP contribution in [0.1, 0.15) is 20.8 Å². The van der Waals surface area contributed by atoms with Crippen LogP contribution in [0.25, 0.3) is 0 Å². The summed E-state index contributed by atoms with van der Waals surface area (Å²) < 4.78 is 2.06. The minimum absolute atomic E-state index is 0.0439. The van der Waals surface area contributed by atoms with Crippen molar-refractivity contribution in [1.29, 1.82) is 0 Å². The van der Waals surface area contributed by atoms with Crippen LogP contribution < -0.4 is 0 Å². The minimum Gasteiger partial charge on any atom is -0.294 e. The zero-order valence-corrected chi connectivity index (χ0v) is 7.24. The summed E-state index contributed by atoms with van der Waals surface area (Å²) in [5, 5.41) is 0. The number of ketones is 1. The molecule has 60 valence electrons. The summed E-state index contributed by atoms with van der Waals surface area (Å²) in [5.41, 5.74) is 0. The second-order valence-electron chi connectivity index (χ2n) is 3.20. The van der Waals surface area contributed by atoms with Crippen LogP contribution in [0.4, 0.5) is 0 Å². The summed E-state index contributed by atoms with van der Waals surface area (Å²) in [6.07, 6.45) is 5.45. The molecule has 0 saturated carbocycles. The van der Waals surface area contributed by atoms with Gasteiger partial charge in [0, 0.05) is 6.08 Å². The Kier molecular flexibility index (Phi) is 2.22. The van der Waals surface area contributed by atoms with E-state index in [0.29, 0.717) is 6.04 Å². The number of nitrogens with zero attached hydrogens (tertiary/aromatic N) is 1. The van der Waals surface area contributed by atoms with Gasteiger partial charge in [0.25, 0.3) is 0 Å². The van der Waals surface area contributed by atoms with E-state index in [9.17, 15) is 4.79 Å². The van der Waals surface area contributed by atoms with Crippen LogP contribution in [0.3, 0.4) is 0 Å². The molecule has 2 nitrogen and oxygen atoms in total. The number of carbonyl (C=O) groups is 1. The smallest absolute Gasteiger partial charge is 0.174 e. The molecule has 1 aliphatic rings. The summed E-state index contributed by atoms with van der Waals surface area (Å²) in [7, 11) is 0. The molecule has 0 saturated heterocycles. The van der Waals surface area contributed by atoms with Crippen LogP contribution in [-0.4, -0.2) is 22.6 Å². The fourth-order valence-corrected chi connectivity index (χ4v) is 1.04. The topological polar surface area (TPSA) is 20.1 Å². The first-order chi connectivity index (χ1) is 5.11. The van der Waals surface area contributed by atoms with Crippen molar-refractivity contribution in [3.63, 3.8) is 0 Å². The number of rotatable bonds is 1. The Balaban J connectivity index is 2.80. The lowest BCUT2D eigenvalue weighted by molar-refractivity contribution is -0.489. The highest BCUT2D eigenvalue weighted by Gasteiger charge is 2.19. The van der Waals surface area contributed by atoms with Gasteiger partial charge in [0.1, 0.15) is 0 Å². The molecule has 1 unspecified atom stereocenters. The predicted octanol–water partition coefficient (Wildman–Crippen LogP) is 1.21. The van der Waals surface area contributed by atoms with E-state index in [0.717, 1.165) is 0 Å². The van der Waals surface area contributed by atoms with E-state index in [4.69, 9.17) is 0 Å². The van der Waals surface area contributed by atoms with Gasteiger partial charge in [-0.25, -0.2) is 4.58 Å². The molecule has 0 radical (unpaired) electrons. The number of hydrogen-bond donors (Lipinski definition) is 0. The van der Waals surface area contributed by atoms with E-state index in [1.54, 1.807) is 6.08 Å². The first-order valence-corrected chi connectivity index (χ1v) is 3.95. The van der Waals surface area contributed by atoms with Crippen molar-refractivity contribution in [2.45, 2.75) is 26.8 Å². The Bertz CT molecular complexity index is 226. The fraction of sp³-hybridized carbons (Fsp3) is 0.556. The lowest BCUT2D eigenvalue weighted by Crippen LogP contribution is -2.26. The Morgan fingerprint density at radius 3 is 2.64 bits per heavy atom. The second-order valence-corrected chi connectivity index (χ2v) is 3.20. The maximum atomic E-state index is 11.0. The zero-order valence-electron chi connectivity index (χ0n) is 7.24. The second kappa shape index (κ2) is 2.99. The molecule has 1 heterocycles. The molecule has 1 atom stereocenters. The van der Waals surface area contributed by atoms with Gasteiger partial charge in [-0.2, -0.15) is 0 Å². The lowest BCUT2D eigenvalue weighted by atomic mass is 10.1. The van der Waals surface area contributed by atoms with Crippen molar-refractivity contribution in [2.24, 2.45) is 5.92 Å². The maximum Gasteiger partial charge on any atom is 0.174 e. The van der Waals surface area contributed by atoms with Gasteiger partial charge in [-0.3, -0.25) is 4.79 Å². The van der Waals surface area contributed by atoms with E-state index in [1.807, 2.05) is 19.3 Å². The average Bonchev–Trinajstić information content (AvgIpc) is 1.94. The van der Waals surface area contributed by atoms with Crippen molar-refractivity contribution < 1.29 is 9.37 Å². The Morgan fingerprint density at radius 2 is 2.18 bits per heavy atom. The molecule has 0 aromatic carbocycles. The first-order valence-electron chi connectivity index (χ1n) is 3.95.